The lowest BCUT2D eigenvalue weighted by Crippen LogP contribution is -2.41. The van der Waals surface area contributed by atoms with Gasteiger partial charge in [0.15, 0.2) is 0 Å². The summed E-state index contributed by atoms with van der Waals surface area (Å²) in [7, 11) is -0.428. The summed E-state index contributed by atoms with van der Waals surface area (Å²) in [5, 5.41) is 0.644. The molecule has 0 atom stereocenters. The third-order valence-corrected chi connectivity index (χ3v) is 4.22. The van der Waals surface area contributed by atoms with Crippen LogP contribution in [0.15, 0.2) is 24.8 Å². The first kappa shape index (κ1) is 13.7. The molecule has 0 unspecified atom stereocenters. The Morgan fingerprint density at radius 2 is 1.72 bits per heavy atom. The molecule has 96 valence electrons. The van der Waals surface area contributed by atoms with Crippen molar-refractivity contribution in [2.24, 2.45) is 0 Å². The van der Waals surface area contributed by atoms with Gasteiger partial charge in [-0.3, -0.25) is 0 Å². The summed E-state index contributed by atoms with van der Waals surface area (Å²) in [6.07, 6.45) is 1.73. The minimum Gasteiger partial charge on any atom is -0.399 e. The number of halogens is 1. The SMILES string of the molecule is C=Cc1cccc(B2OC(C)(C)C(C)(C)O2)c1Cl. The lowest BCUT2D eigenvalue weighted by atomic mass is 9.78. The highest BCUT2D eigenvalue weighted by atomic mass is 35.5. The first-order valence-electron chi connectivity index (χ1n) is 6.05. The van der Waals surface area contributed by atoms with Crippen LogP contribution in [0.3, 0.4) is 0 Å². The Kier molecular flexibility index (Phi) is 3.35. The molecule has 1 aliphatic heterocycles. The van der Waals surface area contributed by atoms with Crippen LogP contribution in [-0.4, -0.2) is 18.3 Å². The summed E-state index contributed by atoms with van der Waals surface area (Å²) in [6.45, 7) is 11.9. The zero-order chi connectivity index (χ0) is 13.6. The van der Waals surface area contributed by atoms with Crippen LogP contribution < -0.4 is 5.46 Å². The molecule has 1 saturated heterocycles. The smallest absolute Gasteiger partial charge is 0.399 e. The lowest BCUT2D eigenvalue weighted by Gasteiger charge is -2.32. The Bertz CT molecular complexity index is 467. The number of rotatable bonds is 2. The first-order valence-corrected chi connectivity index (χ1v) is 6.43. The minimum absolute atomic E-state index is 0.356. The van der Waals surface area contributed by atoms with E-state index in [1.165, 1.54) is 0 Å². The van der Waals surface area contributed by atoms with Crippen molar-refractivity contribution >= 4 is 30.3 Å². The number of hydrogen-bond donors (Lipinski definition) is 0. The van der Waals surface area contributed by atoms with Gasteiger partial charge < -0.3 is 9.31 Å². The van der Waals surface area contributed by atoms with E-state index in [1.54, 1.807) is 6.08 Å². The van der Waals surface area contributed by atoms with E-state index < -0.39 is 7.12 Å². The molecular weight excluding hydrogens is 246 g/mol. The molecule has 1 aliphatic rings. The second kappa shape index (κ2) is 4.41. The summed E-state index contributed by atoms with van der Waals surface area (Å²) >= 11 is 6.34. The maximum Gasteiger partial charge on any atom is 0.496 e. The van der Waals surface area contributed by atoms with Crippen LogP contribution in [0, 0.1) is 0 Å². The first-order chi connectivity index (χ1) is 8.28. The van der Waals surface area contributed by atoms with Crippen LogP contribution in [0.5, 0.6) is 0 Å². The summed E-state index contributed by atoms with van der Waals surface area (Å²) < 4.78 is 12.0. The normalized spacial score (nSPS) is 21.1. The molecule has 0 aromatic heterocycles. The molecule has 0 spiro atoms. The molecule has 1 fully saturated rings. The van der Waals surface area contributed by atoms with Gasteiger partial charge in [-0.15, -0.1) is 0 Å². The molecule has 0 radical (unpaired) electrons. The van der Waals surface area contributed by atoms with Gasteiger partial charge in [0, 0.05) is 10.5 Å². The van der Waals surface area contributed by atoms with Gasteiger partial charge in [0.25, 0.3) is 0 Å². The van der Waals surface area contributed by atoms with E-state index >= 15 is 0 Å². The second-order valence-corrected chi connectivity index (χ2v) is 5.92. The molecule has 0 aliphatic carbocycles. The van der Waals surface area contributed by atoms with Crippen molar-refractivity contribution in [3.05, 3.63) is 35.4 Å². The molecule has 0 amide bonds. The number of hydrogen-bond acceptors (Lipinski definition) is 2. The Morgan fingerprint density at radius 3 is 2.22 bits per heavy atom. The quantitative estimate of drug-likeness (QED) is 0.763. The third-order valence-electron chi connectivity index (χ3n) is 3.79. The lowest BCUT2D eigenvalue weighted by molar-refractivity contribution is 0.00578. The summed E-state index contributed by atoms with van der Waals surface area (Å²) in [4.78, 5) is 0. The predicted molar refractivity (Wildman–Crippen MR) is 77.3 cm³/mol. The van der Waals surface area contributed by atoms with Crippen LogP contribution >= 0.6 is 11.6 Å². The molecule has 2 rings (SSSR count). The molecule has 0 saturated carbocycles. The second-order valence-electron chi connectivity index (χ2n) is 5.54. The summed E-state index contributed by atoms with van der Waals surface area (Å²) in [5.74, 6) is 0. The molecule has 1 aromatic rings. The molecule has 0 N–H and O–H groups in total. The van der Waals surface area contributed by atoms with E-state index in [4.69, 9.17) is 20.9 Å². The van der Waals surface area contributed by atoms with Gasteiger partial charge in [-0.05, 0) is 33.3 Å². The fourth-order valence-electron chi connectivity index (χ4n) is 1.88. The van der Waals surface area contributed by atoms with Crippen LogP contribution in [-0.2, 0) is 9.31 Å². The Balaban J connectivity index is 2.38. The average molecular weight is 265 g/mol. The largest absolute Gasteiger partial charge is 0.496 e. The molecule has 4 heteroatoms. The summed E-state index contributed by atoms with van der Waals surface area (Å²) in [5.41, 5.74) is 1.03. The fourth-order valence-corrected chi connectivity index (χ4v) is 2.17. The predicted octanol–water partition coefficient (Wildman–Crippen LogP) is 3.28. The van der Waals surface area contributed by atoms with Gasteiger partial charge >= 0.3 is 7.12 Å². The van der Waals surface area contributed by atoms with E-state index in [0.29, 0.717) is 5.02 Å². The van der Waals surface area contributed by atoms with Crippen molar-refractivity contribution < 1.29 is 9.31 Å². The highest BCUT2D eigenvalue weighted by Crippen LogP contribution is 2.37. The van der Waals surface area contributed by atoms with Crippen molar-refractivity contribution in [1.82, 2.24) is 0 Å². The van der Waals surface area contributed by atoms with Crippen LogP contribution in [0.2, 0.25) is 5.02 Å². The molecule has 2 nitrogen and oxygen atoms in total. The van der Waals surface area contributed by atoms with Gasteiger partial charge in [-0.2, -0.15) is 0 Å². The van der Waals surface area contributed by atoms with E-state index in [0.717, 1.165) is 11.0 Å². The zero-order valence-electron chi connectivity index (χ0n) is 11.3. The zero-order valence-corrected chi connectivity index (χ0v) is 12.0. The van der Waals surface area contributed by atoms with Gasteiger partial charge in [0.2, 0.25) is 0 Å². The van der Waals surface area contributed by atoms with E-state index in [9.17, 15) is 0 Å². The van der Waals surface area contributed by atoms with Gasteiger partial charge in [-0.25, -0.2) is 0 Å². The molecular formula is C14H18BClO2. The van der Waals surface area contributed by atoms with Crippen LogP contribution in [0.25, 0.3) is 6.08 Å². The topological polar surface area (TPSA) is 18.5 Å². The van der Waals surface area contributed by atoms with E-state index in [-0.39, 0.29) is 11.2 Å². The Morgan fingerprint density at radius 1 is 1.17 bits per heavy atom. The van der Waals surface area contributed by atoms with E-state index in [1.807, 2.05) is 45.9 Å². The maximum atomic E-state index is 6.34. The molecule has 1 heterocycles. The van der Waals surface area contributed by atoms with Crippen LogP contribution in [0.1, 0.15) is 33.3 Å². The molecule has 0 bridgehead atoms. The molecule has 1 aromatic carbocycles. The van der Waals surface area contributed by atoms with Crippen molar-refractivity contribution in [1.29, 1.82) is 0 Å². The fraction of sp³-hybridized carbons (Fsp3) is 0.429. The molecule has 18 heavy (non-hydrogen) atoms. The number of benzene rings is 1. The van der Waals surface area contributed by atoms with Crippen LogP contribution in [0.4, 0.5) is 0 Å². The average Bonchev–Trinajstić information content (AvgIpc) is 2.48. The van der Waals surface area contributed by atoms with E-state index in [2.05, 4.69) is 6.58 Å². The summed E-state index contributed by atoms with van der Waals surface area (Å²) in [6, 6.07) is 5.78. The van der Waals surface area contributed by atoms with Crippen molar-refractivity contribution in [2.45, 2.75) is 38.9 Å². The van der Waals surface area contributed by atoms with Crippen molar-refractivity contribution in [3.63, 3.8) is 0 Å². The minimum atomic E-state index is -0.428. The van der Waals surface area contributed by atoms with Gasteiger partial charge in [0.1, 0.15) is 0 Å². The third kappa shape index (κ3) is 2.11. The highest BCUT2D eigenvalue weighted by Gasteiger charge is 2.52. The monoisotopic (exact) mass is 264 g/mol. The van der Waals surface area contributed by atoms with Crippen molar-refractivity contribution in [3.8, 4) is 0 Å². The standard InChI is InChI=1S/C14H18BClO2/c1-6-10-8-7-9-11(12(10)16)15-17-13(2,3)14(4,5)18-15/h6-9H,1H2,2-5H3. The van der Waals surface area contributed by atoms with Gasteiger partial charge in [0.05, 0.1) is 11.2 Å². The highest BCUT2D eigenvalue weighted by molar-refractivity contribution is 6.65. The van der Waals surface area contributed by atoms with Crippen molar-refractivity contribution in [2.75, 3.05) is 0 Å². The Hall–Kier alpha value is -0.765. The maximum absolute atomic E-state index is 6.34. The Labute approximate surface area is 114 Å². The van der Waals surface area contributed by atoms with Gasteiger partial charge in [-0.1, -0.05) is 42.5 Å².